The number of halogens is 2. The van der Waals surface area contributed by atoms with Crippen LogP contribution >= 0.6 is 11.6 Å². The van der Waals surface area contributed by atoms with Gasteiger partial charge in [-0.05, 0) is 26.0 Å². The first-order valence-corrected chi connectivity index (χ1v) is 5.75. The molecule has 0 saturated carbocycles. The molecule has 0 fully saturated rings. The first-order valence-electron chi connectivity index (χ1n) is 5.37. The van der Waals surface area contributed by atoms with Gasteiger partial charge in [-0.3, -0.25) is 9.69 Å². The second-order valence-electron chi connectivity index (χ2n) is 4.17. The molecule has 0 aliphatic rings. The predicted molar refractivity (Wildman–Crippen MR) is 66.2 cm³/mol. The number of amides is 1. The molecule has 5 heteroatoms. The van der Waals surface area contributed by atoms with E-state index in [1.807, 2.05) is 13.8 Å². The van der Waals surface area contributed by atoms with Crippen molar-refractivity contribution in [1.29, 1.82) is 0 Å². The maximum atomic E-state index is 13.6. The van der Waals surface area contributed by atoms with E-state index in [0.29, 0.717) is 10.6 Å². The molecule has 1 rings (SSSR count). The van der Waals surface area contributed by atoms with Crippen LogP contribution in [0.5, 0.6) is 0 Å². The lowest BCUT2D eigenvalue weighted by Gasteiger charge is -2.25. The van der Waals surface area contributed by atoms with E-state index >= 15 is 0 Å². The summed E-state index contributed by atoms with van der Waals surface area (Å²) in [5.74, 6) is -0.807. The van der Waals surface area contributed by atoms with Gasteiger partial charge in [0, 0.05) is 23.2 Å². The van der Waals surface area contributed by atoms with Gasteiger partial charge in [-0.2, -0.15) is 0 Å². The van der Waals surface area contributed by atoms with Crippen LogP contribution in [0.2, 0.25) is 5.02 Å². The number of carbonyl (C=O) groups excluding carboxylic acids is 1. The maximum Gasteiger partial charge on any atom is 0.231 e. The Bertz CT molecular complexity index is 389. The van der Waals surface area contributed by atoms with Crippen molar-refractivity contribution in [1.82, 2.24) is 4.90 Å². The predicted octanol–water partition coefficient (Wildman–Crippen LogP) is 2.17. The number of hydrogen-bond donors (Lipinski definition) is 1. The van der Waals surface area contributed by atoms with Gasteiger partial charge in [-0.25, -0.2) is 4.39 Å². The third kappa shape index (κ3) is 3.98. The molecule has 0 spiro atoms. The molecular formula is C12H16ClFN2O. The van der Waals surface area contributed by atoms with E-state index in [9.17, 15) is 9.18 Å². The fraction of sp³-hybridized carbons (Fsp3) is 0.417. The highest BCUT2D eigenvalue weighted by Gasteiger charge is 2.16. The zero-order chi connectivity index (χ0) is 13.0. The maximum absolute atomic E-state index is 13.6. The molecule has 0 saturated heterocycles. The van der Waals surface area contributed by atoms with Crippen molar-refractivity contribution in [2.75, 3.05) is 6.54 Å². The fourth-order valence-electron chi connectivity index (χ4n) is 1.51. The molecule has 0 atom stereocenters. The molecular weight excluding hydrogens is 243 g/mol. The molecule has 94 valence electrons. The minimum absolute atomic E-state index is 0.0816. The monoisotopic (exact) mass is 258 g/mol. The molecule has 0 unspecified atom stereocenters. The van der Waals surface area contributed by atoms with Gasteiger partial charge in [-0.15, -0.1) is 0 Å². The summed E-state index contributed by atoms with van der Waals surface area (Å²) in [6.45, 7) is 4.18. The number of benzene rings is 1. The average Bonchev–Trinajstić information content (AvgIpc) is 2.21. The van der Waals surface area contributed by atoms with Gasteiger partial charge in [0.05, 0.1) is 6.54 Å². The standard InChI is InChI=1S/C12H16ClFN2O/c1-8(2)16(7-12(15)17)6-9-10(13)4-3-5-11(9)14/h3-5,8H,6-7H2,1-2H3,(H2,15,17). The Morgan fingerprint density at radius 2 is 2.18 bits per heavy atom. The van der Waals surface area contributed by atoms with Crippen molar-refractivity contribution in [3.8, 4) is 0 Å². The van der Waals surface area contributed by atoms with Gasteiger partial charge < -0.3 is 5.73 Å². The van der Waals surface area contributed by atoms with Crippen LogP contribution < -0.4 is 5.73 Å². The fourth-order valence-corrected chi connectivity index (χ4v) is 1.73. The van der Waals surface area contributed by atoms with E-state index < -0.39 is 5.91 Å². The molecule has 0 heterocycles. The van der Waals surface area contributed by atoms with Gasteiger partial charge in [0.25, 0.3) is 0 Å². The first-order chi connectivity index (χ1) is 7.91. The molecule has 0 radical (unpaired) electrons. The molecule has 2 N–H and O–H groups in total. The second kappa shape index (κ2) is 5.98. The Morgan fingerprint density at radius 1 is 1.53 bits per heavy atom. The van der Waals surface area contributed by atoms with Crippen LogP contribution in [0.25, 0.3) is 0 Å². The van der Waals surface area contributed by atoms with Gasteiger partial charge >= 0.3 is 0 Å². The number of rotatable bonds is 5. The molecule has 0 aliphatic heterocycles. The normalized spacial score (nSPS) is 11.2. The lowest BCUT2D eigenvalue weighted by atomic mass is 10.1. The van der Waals surface area contributed by atoms with Crippen molar-refractivity contribution < 1.29 is 9.18 Å². The molecule has 0 aliphatic carbocycles. The Kier molecular flexibility index (Phi) is 4.90. The number of carbonyl (C=O) groups is 1. The van der Waals surface area contributed by atoms with Crippen LogP contribution in [-0.2, 0) is 11.3 Å². The number of hydrogen-bond acceptors (Lipinski definition) is 2. The SMILES string of the molecule is CC(C)N(CC(N)=O)Cc1c(F)cccc1Cl. The Balaban J connectivity index is 2.89. The van der Waals surface area contributed by atoms with E-state index in [-0.39, 0.29) is 24.9 Å². The molecule has 3 nitrogen and oxygen atoms in total. The Hall–Kier alpha value is -1.13. The second-order valence-corrected chi connectivity index (χ2v) is 4.57. The molecule has 1 aromatic carbocycles. The minimum atomic E-state index is -0.439. The van der Waals surface area contributed by atoms with E-state index in [1.54, 1.807) is 17.0 Å². The summed E-state index contributed by atoms with van der Waals surface area (Å²) in [6.07, 6.45) is 0. The van der Waals surface area contributed by atoms with Crippen LogP contribution in [0, 0.1) is 5.82 Å². The van der Waals surface area contributed by atoms with E-state index in [2.05, 4.69) is 0 Å². The van der Waals surface area contributed by atoms with Gasteiger partial charge in [0.15, 0.2) is 0 Å². The zero-order valence-electron chi connectivity index (χ0n) is 9.91. The van der Waals surface area contributed by atoms with Crippen molar-refractivity contribution in [3.63, 3.8) is 0 Å². The highest BCUT2D eigenvalue weighted by molar-refractivity contribution is 6.31. The van der Waals surface area contributed by atoms with Gasteiger partial charge in [-0.1, -0.05) is 17.7 Å². The summed E-state index contributed by atoms with van der Waals surface area (Å²) < 4.78 is 13.6. The number of nitrogens with two attached hydrogens (primary N) is 1. The topological polar surface area (TPSA) is 46.3 Å². The third-order valence-electron chi connectivity index (χ3n) is 2.51. The number of primary amides is 1. The summed E-state index contributed by atoms with van der Waals surface area (Å²) in [6, 6.07) is 4.61. The summed E-state index contributed by atoms with van der Waals surface area (Å²) >= 11 is 5.93. The van der Waals surface area contributed by atoms with Gasteiger partial charge in [0.1, 0.15) is 5.82 Å². The van der Waals surface area contributed by atoms with Gasteiger partial charge in [0.2, 0.25) is 5.91 Å². The van der Waals surface area contributed by atoms with Crippen molar-refractivity contribution in [2.24, 2.45) is 5.73 Å². The van der Waals surface area contributed by atoms with Crippen LogP contribution in [0.1, 0.15) is 19.4 Å². The van der Waals surface area contributed by atoms with Crippen molar-refractivity contribution in [2.45, 2.75) is 26.4 Å². The highest BCUT2D eigenvalue weighted by atomic mass is 35.5. The molecule has 1 amide bonds. The highest BCUT2D eigenvalue weighted by Crippen LogP contribution is 2.21. The van der Waals surface area contributed by atoms with Crippen LogP contribution in [0.3, 0.4) is 0 Å². The van der Waals surface area contributed by atoms with E-state index in [0.717, 1.165) is 0 Å². The van der Waals surface area contributed by atoms with Crippen molar-refractivity contribution in [3.05, 3.63) is 34.6 Å². The summed E-state index contributed by atoms with van der Waals surface area (Å²) in [5, 5.41) is 0.361. The zero-order valence-corrected chi connectivity index (χ0v) is 10.7. The summed E-state index contributed by atoms with van der Waals surface area (Å²) in [4.78, 5) is 12.7. The van der Waals surface area contributed by atoms with Crippen LogP contribution in [0.15, 0.2) is 18.2 Å². The molecule has 17 heavy (non-hydrogen) atoms. The summed E-state index contributed by atoms with van der Waals surface area (Å²) in [5.41, 5.74) is 5.55. The molecule has 0 aromatic heterocycles. The Labute approximate surface area is 105 Å². The quantitative estimate of drug-likeness (QED) is 0.880. The van der Waals surface area contributed by atoms with Crippen molar-refractivity contribution >= 4 is 17.5 Å². The lowest BCUT2D eigenvalue weighted by Crippen LogP contribution is -2.38. The third-order valence-corrected chi connectivity index (χ3v) is 2.87. The first kappa shape index (κ1) is 13.9. The van der Waals surface area contributed by atoms with E-state index in [4.69, 9.17) is 17.3 Å². The largest absolute Gasteiger partial charge is 0.369 e. The Morgan fingerprint density at radius 3 is 2.65 bits per heavy atom. The van der Waals surface area contributed by atoms with Crippen LogP contribution in [0.4, 0.5) is 4.39 Å². The smallest absolute Gasteiger partial charge is 0.231 e. The van der Waals surface area contributed by atoms with E-state index in [1.165, 1.54) is 6.07 Å². The minimum Gasteiger partial charge on any atom is -0.369 e. The number of nitrogens with zero attached hydrogens (tertiary/aromatic N) is 1. The van der Waals surface area contributed by atoms with Crippen LogP contribution in [-0.4, -0.2) is 23.4 Å². The lowest BCUT2D eigenvalue weighted by molar-refractivity contribution is -0.119. The molecule has 0 bridgehead atoms. The molecule has 1 aromatic rings. The summed E-state index contributed by atoms with van der Waals surface area (Å²) in [7, 11) is 0. The average molecular weight is 259 g/mol.